The van der Waals surface area contributed by atoms with Gasteiger partial charge in [0.15, 0.2) is 0 Å². The third-order valence-corrected chi connectivity index (χ3v) is 0. The van der Waals surface area contributed by atoms with Crippen molar-refractivity contribution in [3.05, 3.63) is 0 Å². The Balaban J connectivity index is -0.0000000133. The van der Waals surface area contributed by atoms with Crippen molar-refractivity contribution >= 4 is 33.5 Å². The van der Waals surface area contributed by atoms with Crippen LogP contribution < -0.4 is 0 Å². The molecule has 2 N–H and O–H groups in total. The fourth-order valence-electron chi connectivity index (χ4n) is 0. The Morgan fingerprint density at radius 2 is 1.29 bits per heavy atom. The molecule has 0 aliphatic rings. The SMILES string of the molecule is O=S(=O)(O)O.[H-].[H-].[Mg+2].[Zr]. The predicted octanol–water partition coefficient (Wildman–Crippen LogP) is -0.811. The molecule has 0 saturated carbocycles. The van der Waals surface area contributed by atoms with Gasteiger partial charge in [0, 0.05) is 26.2 Å². The van der Waals surface area contributed by atoms with Crippen LogP contribution in [0.15, 0.2) is 0 Å². The van der Waals surface area contributed by atoms with E-state index < -0.39 is 10.4 Å². The topological polar surface area (TPSA) is 74.6 Å². The summed E-state index contributed by atoms with van der Waals surface area (Å²) < 4.78 is 31.6. The smallest absolute Gasteiger partial charge is 1.00 e. The fourth-order valence-corrected chi connectivity index (χ4v) is 0. The van der Waals surface area contributed by atoms with E-state index in [-0.39, 0.29) is 52.1 Å². The first kappa shape index (κ1) is 15.8. The molecule has 0 aromatic carbocycles. The minimum Gasteiger partial charge on any atom is -1.00 e. The molecule has 0 spiro atoms. The summed E-state index contributed by atoms with van der Waals surface area (Å²) in [5.74, 6) is 0. The van der Waals surface area contributed by atoms with Crippen molar-refractivity contribution in [3.63, 3.8) is 0 Å². The summed E-state index contributed by atoms with van der Waals surface area (Å²) in [6.07, 6.45) is 0. The molecule has 0 aromatic rings. The molecule has 7 heavy (non-hydrogen) atoms. The van der Waals surface area contributed by atoms with E-state index >= 15 is 0 Å². The zero-order valence-corrected chi connectivity index (χ0v) is 8.02. The van der Waals surface area contributed by atoms with E-state index in [2.05, 4.69) is 0 Å². The van der Waals surface area contributed by atoms with Crippen LogP contribution in [0.25, 0.3) is 0 Å². The monoisotopic (exact) mass is 214 g/mol. The molecule has 40 valence electrons. The molecule has 0 aliphatic heterocycles. The molecule has 7 heteroatoms. The molecule has 0 saturated heterocycles. The van der Waals surface area contributed by atoms with Crippen molar-refractivity contribution in [1.29, 1.82) is 0 Å². The van der Waals surface area contributed by atoms with Gasteiger partial charge in [-0.3, -0.25) is 9.11 Å². The van der Waals surface area contributed by atoms with Gasteiger partial charge in [0.1, 0.15) is 0 Å². The summed E-state index contributed by atoms with van der Waals surface area (Å²) in [5, 5.41) is 0. The maximum absolute atomic E-state index is 8.74. The normalized spacial score (nSPS) is 8.29. The van der Waals surface area contributed by atoms with Gasteiger partial charge in [-0.25, -0.2) is 0 Å². The third kappa shape index (κ3) is 99.2. The standard InChI is InChI=1S/Mg.H2O4S.Zr.2H/c;1-5(2,3)4;;;/h;(H2,1,2,3,4);;;/q+2;;;2*-1. The van der Waals surface area contributed by atoms with Crippen LogP contribution in [0.4, 0.5) is 0 Å². The van der Waals surface area contributed by atoms with Crippen LogP contribution in [-0.2, 0) is 36.6 Å². The van der Waals surface area contributed by atoms with Gasteiger partial charge in [0.05, 0.1) is 0 Å². The largest absolute Gasteiger partial charge is 2.00 e. The van der Waals surface area contributed by atoms with Crippen LogP contribution in [0.1, 0.15) is 2.85 Å². The Bertz CT molecular complexity index is 102. The molecule has 0 radical (unpaired) electrons. The van der Waals surface area contributed by atoms with Gasteiger partial charge >= 0.3 is 33.5 Å². The third-order valence-electron chi connectivity index (χ3n) is 0. The van der Waals surface area contributed by atoms with Crippen LogP contribution in [0.2, 0.25) is 0 Å². The zero-order valence-electron chi connectivity index (χ0n) is 5.33. The van der Waals surface area contributed by atoms with E-state index in [1.165, 1.54) is 0 Å². The van der Waals surface area contributed by atoms with Crippen molar-refractivity contribution in [1.82, 2.24) is 0 Å². The molecule has 0 aromatic heterocycles. The summed E-state index contributed by atoms with van der Waals surface area (Å²) >= 11 is 0. The first-order chi connectivity index (χ1) is 2.00. The number of hydrogen-bond donors (Lipinski definition) is 2. The maximum Gasteiger partial charge on any atom is 2.00 e. The number of hydrogen-bond acceptors (Lipinski definition) is 2. The van der Waals surface area contributed by atoms with Crippen LogP contribution in [0, 0.1) is 0 Å². The maximum atomic E-state index is 8.74. The second kappa shape index (κ2) is 5.65. The Morgan fingerprint density at radius 3 is 1.29 bits per heavy atom. The molecular weight excluding hydrogens is 212 g/mol. The van der Waals surface area contributed by atoms with Crippen molar-refractivity contribution in [2.45, 2.75) is 0 Å². The summed E-state index contributed by atoms with van der Waals surface area (Å²) in [6, 6.07) is 0. The molecule has 0 fully saturated rings. The van der Waals surface area contributed by atoms with E-state index in [1.54, 1.807) is 0 Å². The van der Waals surface area contributed by atoms with Crippen molar-refractivity contribution in [2.75, 3.05) is 0 Å². The van der Waals surface area contributed by atoms with Gasteiger partial charge in [-0.05, 0) is 0 Å². The Morgan fingerprint density at radius 1 is 1.29 bits per heavy atom. The van der Waals surface area contributed by atoms with E-state index in [0.717, 1.165) is 0 Å². The molecular formula is H4MgO4SZr. The van der Waals surface area contributed by atoms with Gasteiger partial charge in [0.2, 0.25) is 0 Å². The first-order valence-electron chi connectivity index (χ1n) is 0.698. The Hall–Kier alpha value is 1.52. The minimum atomic E-state index is -4.67. The second-order valence-corrected chi connectivity index (χ2v) is 1.34. The molecule has 0 heterocycles. The zero-order chi connectivity index (χ0) is 4.50. The first-order valence-corrected chi connectivity index (χ1v) is 2.10. The van der Waals surface area contributed by atoms with E-state index in [1.807, 2.05) is 0 Å². The van der Waals surface area contributed by atoms with Crippen LogP contribution in [-0.4, -0.2) is 40.6 Å². The van der Waals surface area contributed by atoms with Crippen molar-refractivity contribution in [3.8, 4) is 0 Å². The predicted molar refractivity (Wildman–Crippen MR) is 22.2 cm³/mol. The van der Waals surface area contributed by atoms with Gasteiger partial charge in [-0.1, -0.05) is 0 Å². The molecule has 0 aliphatic carbocycles. The van der Waals surface area contributed by atoms with Crippen LogP contribution in [0.5, 0.6) is 0 Å². The van der Waals surface area contributed by atoms with Crippen LogP contribution >= 0.6 is 0 Å². The summed E-state index contributed by atoms with van der Waals surface area (Å²) in [5.41, 5.74) is 0. The fraction of sp³-hybridized carbons (Fsp3) is 0. The molecule has 4 nitrogen and oxygen atoms in total. The average molecular weight is 216 g/mol. The molecule has 0 rings (SSSR count). The Kier molecular flexibility index (Phi) is 12.8. The Labute approximate surface area is 79.5 Å². The van der Waals surface area contributed by atoms with Gasteiger partial charge in [-0.2, -0.15) is 8.42 Å². The van der Waals surface area contributed by atoms with E-state index in [9.17, 15) is 0 Å². The summed E-state index contributed by atoms with van der Waals surface area (Å²) in [6.45, 7) is 0. The molecule has 0 bridgehead atoms. The van der Waals surface area contributed by atoms with E-state index in [0.29, 0.717) is 0 Å². The summed E-state index contributed by atoms with van der Waals surface area (Å²) in [7, 11) is -4.67. The van der Waals surface area contributed by atoms with Crippen molar-refractivity contribution in [2.24, 2.45) is 0 Å². The van der Waals surface area contributed by atoms with Gasteiger partial charge < -0.3 is 2.85 Å². The second-order valence-electron chi connectivity index (χ2n) is 0.448. The quantitative estimate of drug-likeness (QED) is 0.409. The molecule has 0 unspecified atom stereocenters. The molecule has 0 atom stereocenters. The molecule has 0 amide bonds. The average Bonchev–Trinajstić information content (AvgIpc) is 0.722. The van der Waals surface area contributed by atoms with Crippen molar-refractivity contribution < 1.29 is 46.6 Å². The van der Waals surface area contributed by atoms with E-state index in [4.69, 9.17) is 17.5 Å². The number of rotatable bonds is 0. The minimum absolute atomic E-state index is 0. The van der Waals surface area contributed by atoms with Gasteiger partial charge in [-0.15, -0.1) is 0 Å². The summed E-state index contributed by atoms with van der Waals surface area (Å²) in [4.78, 5) is 0. The van der Waals surface area contributed by atoms with Gasteiger partial charge in [0.25, 0.3) is 0 Å². The van der Waals surface area contributed by atoms with Crippen LogP contribution in [0.3, 0.4) is 0 Å².